The van der Waals surface area contributed by atoms with E-state index in [1.807, 2.05) is 13.8 Å². The lowest BCUT2D eigenvalue weighted by molar-refractivity contribution is 0.0827. The van der Waals surface area contributed by atoms with Crippen LogP contribution in [0.25, 0.3) is 10.6 Å². The van der Waals surface area contributed by atoms with Crippen LogP contribution in [0.1, 0.15) is 40.7 Å². The van der Waals surface area contributed by atoms with Gasteiger partial charge in [0.1, 0.15) is 22.3 Å². The Bertz CT molecular complexity index is 997. The maximum atomic E-state index is 13.8. The molecular weight excluding hydrogens is 395 g/mol. The second kappa shape index (κ2) is 9.44. The predicted molar refractivity (Wildman–Crippen MR) is 108 cm³/mol. The highest BCUT2D eigenvalue weighted by Crippen LogP contribution is 2.25. The molecule has 0 fully saturated rings. The Labute approximate surface area is 171 Å². The number of furan rings is 1. The summed E-state index contributed by atoms with van der Waals surface area (Å²) in [5, 5.41) is 1.88. The molecule has 0 unspecified atom stereocenters. The lowest BCUT2D eigenvalue weighted by Gasteiger charge is -2.15. The number of carbonyl (C=O) groups is 2. The minimum atomic E-state index is -0.605. The molecule has 2 aromatic heterocycles. The average Bonchev–Trinajstić information content (AvgIpc) is 3.40. The van der Waals surface area contributed by atoms with Crippen molar-refractivity contribution >= 4 is 23.2 Å². The Morgan fingerprint density at radius 1 is 1.10 bits per heavy atom. The Kier molecular flexibility index (Phi) is 6.73. The number of nitrogens with one attached hydrogen (secondary N) is 2. The van der Waals surface area contributed by atoms with Crippen LogP contribution >= 0.6 is 11.3 Å². The Morgan fingerprint density at radius 3 is 2.55 bits per heavy atom. The summed E-state index contributed by atoms with van der Waals surface area (Å²) in [4.78, 5) is 30.7. The van der Waals surface area contributed by atoms with Gasteiger partial charge in [-0.05, 0) is 37.4 Å². The minimum Gasteiger partial charge on any atom is -0.454 e. The molecule has 2 heterocycles. The third-order valence-electron chi connectivity index (χ3n) is 4.29. The summed E-state index contributed by atoms with van der Waals surface area (Å²) in [6.07, 6.45) is 0. The van der Waals surface area contributed by atoms with Crippen molar-refractivity contribution in [3.05, 3.63) is 64.8 Å². The van der Waals surface area contributed by atoms with Crippen molar-refractivity contribution in [2.75, 3.05) is 13.1 Å². The fourth-order valence-electron chi connectivity index (χ4n) is 2.63. The zero-order valence-electron chi connectivity index (χ0n) is 16.1. The summed E-state index contributed by atoms with van der Waals surface area (Å²) in [7, 11) is 0. The second-order valence-corrected chi connectivity index (χ2v) is 7.01. The third kappa shape index (κ3) is 5.07. The number of aromatic nitrogens is 1. The minimum absolute atomic E-state index is 0.0789. The molecule has 0 bridgehead atoms. The molecule has 0 saturated carbocycles. The SMILES string of the molecule is CCN(CC)Cc1ccc(C(=O)NNC(=O)c2csc(-c3ccccc3F)n2)o1. The molecular formula is C20H21FN4O3S. The van der Waals surface area contributed by atoms with Crippen LogP contribution in [-0.2, 0) is 6.54 Å². The Morgan fingerprint density at radius 2 is 1.83 bits per heavy atom. The van der Waals surface area contributed by atoms with E-state index in [1.54, 1.807) is 30.3 Å². The fourth-order valence-corrected chi connectivity index (χ4v) is 3.45. The van der Waals surface area contributed by atoms with E-state index < -0.39 is 17.6 Å². The van der Waals surface area contributed by atoms with E-state index in [-0.39, 0.29) is 11.5 Å². The largest absolute Gasteiger partial charge is 0.454 e. The number of halogens is 1. The standard InChI is InChI=1S/C20H21FN4O3S/c1-3-25(4-2)11-13-9-10-17(28-13)19(27)24-23-18(26)16-12-29-20(22-16)14-7-5-6-8-15(14)21/h5-10,12H,3-4,11H2,1-2H3,(H,23,26)(H,24,27). The first kappa shape index (κ1) is 20.7. The molecule has 7 nitrogen and oxygen atoms in total. The third-order valence-corrected chi connectivity index (χ3v) is 5.17. The van der Waals surface area contributed by atoms with E-state index in [9.17, 15) is 14.0 Å². The molecule has 0 atom stereocenters. The van der Waals surface area contributed by atoms with Crippen LogP contribution in [0.5, 0.6) is 0 Å². The van der Waals surface area contributed by atoms with Gasteiger partial charge in [0.05, 0.1) is 6.54 Å². The van der Waals surface area contributed by atoms with E-state index >= 15 is 0 Å². The van der Waals surface area contributed by atoms with Gasteiger partial charge in [-0.1, -0.05) is 26.0 Å². The van der Waals surface area contributed by atoms with Gasteiger partial charge in [0.2, 0.25) is 0 Å². The lowest BCUT2D eigenvalue weighted by atomic mass is 10.2. The number of carbonyl (C=O) groups excluding carboxylic acids is 2. The maximum Gasteiger partial charge on any atom is 0.305 e. The monoisotopic (exact) mass is 416 g/mol. The molecule has 0 spiro atoms. The van der Waals surface area contributed by atoms with Crippen LogP contribution in [0.4, 0.5) is 4.39 Å². The zero-order valence-corrected chi connectivity index (χ0v) is 16.9. The molecule has 0 aliphatic carbocycles. The van der Waals surface area contributed by atoms with Crippen LogP contribution in [0.3, 0.4) is 0 Å². The van der Waals surface area contributed by atoms with Gasteiger partial charge in [-0.3, -0.25) is 25.3 Å². The number of hydrogen-bond donors (Lipinski definition) is 2. The molecule has 152 valence electrons. The predicted octanol–water partition coefficient (Wildman–Crippen LogP) is 3.46. The summed E-state index contributed by atoms with van der Waals surface area (Å²) in [6, 6.07) is 9.48. The van der Waals surface area contributed by atoms with Crippen molar-refractivity contribution in [1.29, 1.82) is 0 Å². The van der Waals surface area contributed by atoms with Crippen molar-refractivity contribution in [2.24, 2.45) is 0 Å². The molecule has 9 heteroatoms. The van der Waals surface area contributed by atoms with Gasteiger partial charge >= 0.3 is 5.91 Å². The molecule has 0 saturated heterocycles. The van der Waals surface area contributed by atoms with Gasteiger partial charge in [-0.2, -0.15) is 0 Å². The fraction of sp³-hybridized carbons (Fsp3) is 0.250. The second-order valence-electron chi connectivity index (χ2n) is 6.15. The first-order chi connectivity index (χ1) is 14.0. The molecule has 3 aromatic rings. The summed E-state index contributed by atoms with van der Waals surface area (Å²) in [5.41, 5.74) is 4.98. The molecule has 0 aliphatic heterocycles. The van der Waals surface area contributed by atoms with Gasteiger partial charge in [0.15, 0.2) is 5.76 Å². The normalized spacial score (nSPS) is 10.9. The average molecular weight is 416 g/mol. The first-order valence-electron chi connectivity index (χ1n) is 9.14. The molecule has 29 heavy (non-hydrogen) atoms. The summed E-state index contributed by atoms with van der Waals surface area (Å²) < 4.78 is 19.4. The summed E-state index contributed by atoms with van der Waals surface area (Å²) >= 11 is 1.14. The number of thiazole rings is 1. The molecule has 3 rings (SSSR count). The summed E-state index contributed by atoms with van der Waals surface area (Å²) in [5.74, 6) is -0.835. The van der Waals surface area contributed by atoms with Crippen LogP contribution in [0, 0.1) is 5.82 Å². The smallest absolute Gasteiger partial charge is 0.305 e. The van der Waals surface area contributed by atoms with E-state index in [2.05, 4.69) is 20.7 Å². The molecule has 2 amide bonds. The van der Waals surface area contributed by atoms with Crippen LogP contribution in [0.15, 0.2) is 46.2 Å². The van der Waals surface area contributed by atoms with Crippen molar-refractivity contribution in [2.45, 2.75) is 20.4 Å². The number of nitrogens with zero attached hydrogens (tertiary/aromatic N) is 2. The van der Waals surface area contributed by atoms with E-state index in [1.165, 1.54) is 11.4 Å². The van der Waals surface area contributed by atoms with Gasteiger partial charge in [0.25, 0.3) is 5.91 Å². The Balaban J connectivity index is 1.58. The first-order valence-corrected chi connectivity index (χ1v) is 10.0. The number of rotatable bonds is 7. The molecule has 0 radical (unpaired) electrons. The van der Waals surface area contributed by atoms with Gasteiger partial charge < -0.3 is 4.42 Å². The zero-order chi connectivity index (χ0) is 20.8. The lowest BCUT2D eigenvalue weighted by Crippen LogP contribution is -2.41. The highest BCUT2D eigenvalue weighted by Gasteiger charge is 2.17. The van der Waals surface area contributed by atoms with Gasteiger partial charge in [-0.25, -0.2) is 9.37 Å². The van der Waals surface area contributed by atoms with Crippen LogP contribution in [-0.4, -0.2) is 34.8 Å². The van der Waals surface area contributed by atoms with Crippen molar-refractivity contribution < 1.29 is 18.4 Å². The van der Waals surface area contributed by atoms with E-state index in [4.69, 9.17) is 4.42 Å². The van der Waals surface area contributed by atoms with Crippen molar-refractivity contribution in [3.63, 3.8) is 0 Å². The topological polar surface area (TPSA) is 87.5 Å². The quantitative estimate of drug-likeness (QED) is 0.576. The van der Waals surface area contributed by atoms with Crippen molar-refractivity contribution in [1.82, 2.24) is 20.7 Å². The van der Waals surface area contributed by atoms with Crippen molar-refractivity contribution in [3.8, 4) is 10.6 Å². The molecule has 1 aromatic carbocycles. The van der Waals surface area contributed by atoms with Gasteiger partial charge in [-0.15, -0.1) is 11.3 Å². The number of amides is 2. The number of benzene rings is 1. The number of hydrazine groups is 1. The molecule has 2 N–H and O–H groups in total. The van der Waals surface area contributed by atoms with Crippen LogP contribution < -0.4 is 10.9 Å². The van der Waals surface area contributed by atoms with Crippen LogP contribution in [0.2, 0.25) is 0 Å². The highest BCUT2D eigenvalue weighted by molar-refractivity contribution is 7.13. The highest BCUT2D eigenvalue weighted by atomic mass is 32.1. The molecule has 0 aliphatic rings. The maximum absolute atomic E-state index is 13.8. The van der Waals surface area contributed by atoms with E-state index in [0.717, 1.165) is 24.4 Å². The Hall–Kier alpha value is -3.04. The van der Waals surface area contributed by atoms with E-state index in [0.29, 0.717) is 22.9 Å². The summed E-state index contributed by atoms with van der Waals surface area (Å²) in [6.45, 7) is 6.44. The van der Waals surface area contributed by atoms with Gasteiger partial charge in [0, 0.05) is 10.9 Å². The number of hydrogen-bond acceptors (Lipinski definition) is 6.